The Hall–Kier alpha value is -0.953. The van der Waals surface area contributed by atoms with Crippen LogP contribution in [-0.4, -0.2) is 30.2 Å². The maximum Gasteiger partial charge on any atom is 0.296 e. The van der Waals surface area contributed by atoms with E-state index in [2.05, 4.69) is 62.3 Å². The van der Waals surface area contributed by atoms with Gasteiger partial charge in [0.1, 0.15) is 0 Å². The Morgan fingerprint density at radius 3 is 2.27 bits per heavy atom. The smallest absolute Gasteiger partial charge is 0.296 e. The van der Waals surface area contributed by atoms with Gasteiger partial charge in [0.05, 0.1) is 17.6 Å². The van der Waals surface area contributed by atoms with Gasteiger partial charge >= 0.3 is 0 Å². The molecular weight excluding hydrogens is 545 g/mol. The molecule has 2 saturated carbocycles. The molecule has 0 unspecified atom stereocenters. The number of hydrogen-bond donors (Lipinski definition) is 0. The standard InChI is InChI=1S/C35H57O4SSi/c1-24(2)41(33(5,6)7)39-32-21-22-35(10)30-19-15-26(4)28(29(30)18-20-31(35)34(32,8)9)12-11-23-38-40(36,37)27-16-13-25(3)14-17-27/h13-14,16-17,24,29-32H,11-12,15,18-23H2,1-10H3/t29-,30-,31-,32-,35+/m0/s1. The zero-order chi connectivity index (χ0) is 30.4. The van der Waals surface area contributed by atoms with Crippen LogP contribution < -0.4 is 0 Å². The van der Waals surface area contributed by atoms with Crippen molar-refractivity contribution in [1.29, 1.82) is 0 Å². The van der Waals surface area contributed by atoms with Crippen LogP contribution in [0.5, 0.6) is 0 Å². The summed E-state index contributed by atoms with van der Waals surface area (Å²) in [5, 5.41) is 0.233. The first-order chi connectivity index (χ1) is 19.0. The Morgan fingerprint density at radius 1 is 1.00 bits per heavy atom. The molecule has 1 aromatic carbocycles. The molecule has 0 N–H and O–H groups in total. The lowest BCUT2D eigenvalue weighted by molar-refractivity contribution is -0.144. The fourth-order valence-electron chi connectivity index (χ4n) is 9.16. The maximum absolute atomic E-state index is 12.7. The molecular formula is C35H57O4SSi. The molecule has 4 rings (SSSR count). The summed E-state index contributed by atoms with van der Waals surface area (Å²) in [6.07, 6.45) is 9.43. The van der Waals surface area contributed by atoms with Gasteiger partial charge in [0, 0.05) is 0 Å². The summed E-state index contributed by atoms with van der Waals surface area (Å²) in [4.78, 5) is 0.244. The van der Waals surface area contributed by atoms with E-state index >= 15 is 0 Å². The molecule has 4 nitrogen and oxygen atoms in total. The van der Waals surface area contributed by atoms with Gasteiger partial charge in [0.25, 0.3) is 10.1 Å². The Kier molecular flexibility index (Phi) is 9.81. The summed E-state index contributed by atoms with van der Waals surface area (Å²) < 4.78 is 38.0. The van der Waals surface area contributed by atoms with Crippen molar-refractivity contribution in [3.63, 3.8) is 0 Å². The van der Waals surface area contributed by atoms with Crippen LogP contribution in [-0.2, 0) is 18.7 Å². The van der Waals surface area contributed by atoms with Gasteiger partial charge in [-0.05, 0) is 117 Å². The van der Waals surface area contributed by atoms with Gasteiger partial charge in [-0.25, -0.2) is 0 Å². The lowest BCUT2D eigenvalue weighted by atomic mass is 9.43. The zero-order valence-corrected chi connectivity index (χ0v) is 29.4. The number of allylic oxidation sites excluding steroid dienone is 2. The molecule has 2 fully saturated rings. The van der Waals surface area contributed by atoms with Crippen molar-refractivity contribution < 1.29 is 17.0 Å². The predicted octanol–water partition coefficient (Wildman–Crippen LogP) is 9.65. The first kappa shape index (κ1) is 33.0. The predicted molar refractivity (Wildman–Crippen MR) is 172 cm³/mol. The zero-order valence-electron chi connectivity index (χ0n) is 27.6. The minimum atomic E-state index is -3.71. The number of hydrogen-bond acceptors (Lipinski definition) is 4. The Bertz CT molecular complexity index is 1190. The molecule has 3 aliphatic rings. The van der Waals surface area contributed by atoms with E-state index in [1.165, 1.54) is 38.5 Å². The lowest BCUT2D eigenvalue weighted by Crippen LogP contribution is -2.58. The highest BCUT2D eigenvalue weighted by Gasteiger charge is 2.59. The van der Waals surface area contributed by atoms with Crippen LogP contribution in [0.1, 0.15) is 119 Å². The second-order valence-electron chi connectivity index (χ2n) is 15.6. The highest BCUT2D eigenvalue weighted by molar-refractivity contribution is 7.86. The molecule has 0 amide bonds. The fourth-order valence-corrected chi connectivity index (χ4v) is 13.2. The third-order valence-electron chi connectivity index (χ3n) is 11.1. The number of aryl methyl sites for hydroxylation is 1. The first-order valence-corrected chi connectivity index (χ1v) is 19.1. The molecule has 1 radical (unpaired) electrons. The van der Waals surface area contributed by atoms with E-state index in [4.69, 9.17) is 8.61 Å². The van der Waals surface area contributed by atoms with Gasteiger partial charge < -0.3 is 4.43 Å². The number of benzene rings is 1. The van der Waals surface area contributed by atoms with Crippen molar-refractivity contribution in [1.82, 2.24) is 0 Å². The minimum absolute atomic E-state index is 0.169. The van der Waals surface area contributed by atoms with Gasteiger partial charge in [-0.2, -0.15) is 8.42 Å². The van der Waals surface area contributed by atoms with E-state index in [9.17, 15) is 8.42 Å². The molecule has 0 bridgehead atoms. The SMILES string of the molecule is CC1=C(CCCOS(=O)(=O)c2ccc(C)cc2)[C@@H]2CC[C@H]3C(C)(C)[C@@H](O[Si](C(C)C)C(C)(C)C)CC[C@]3(C)[C@H]2CC1. The molecule has 0 spiro atoms. The summed E-state index contributed by atoms with van der Waals surface area (Å²) in [7, 11) is -4.66. The number of rotatable bonds is 9. The third-order valence-corrected chi connectivity index (χ3v) is 15.5. The van der Waals surface area contributed by atoms with Crippen molar-refractivity contribution in [2.45, 2.75) is 142 Å². The Morgan fingerprint density at radius 2 is 1.66 bits per heavy atom. The summed E-state index contributed by atoms with van der Waals surface area (Å²) in [5.74, 6) is 2.00. The molecule has 1 aromatic rings. The van der Waals surface area contributed by atoms with E-state index in [0.29, 0.717) is 34.8 Å². The molecule has 41 heavy (non-hydrogen) atoms. The molecule has 0 heterocycles. The molecule has 231 valence electrons. The monoisotopic (exact) mass is 601 g/mol. The van der Waals surface area contributed by atoms with Gasteiger partial charge in [-0.1, -0.05) is 84.2 Å². The normalized spacial score (nSPS) is 30.4. The molecule has 0 aromatic heterocycles. The van der Waals surface area contributed by atoms with Gasteiger partial charge in [0.15, 0.2) is 0 Å². The molecule has 5 atom stereocenters. The van der Waals surface area contributed by atoms with Crippen molar-refractivity contribution in [2.24, 2.45) is 28.6 Å². The molecule has 6 heteroatoms. The quantitative estimate of drug-likeness (QED) is 0.122. The van der Waals surface area contributed by atoms with Crippen LogP contribution in [0.4, 0.5) is 0 Å². The molecule has 0 aliphatic heterocycles. The minimum Gasteiger partial charge on any atom is -0.412 e. The van der Waals surface area contributed by atoms with Crippen LogP contribution in [0.25, 0.3) is 0 Å². The van der Waals surface area contributed by atoms with Crippen LogP contribution in [0.2, 0.25) is 10.6 Å². The fraction of sp³-hybridized carbons (Fsp3) is 0.771. The van der Waals surface area contributed by atoms with Crippen molar-refractivity contribution in [3.05, 3.63) is 41.0 Å². The molecule has 3 aliphatic carbocycles. The lowest BCUT2D eigenvalue weighted by Gasteiger charge is -2.63. The average molecular weight is 602 g/mol. The summed E-state index contributed by atoms with van der Waals surface area (Å²) >= 11 is 0. The molecule has 0 saturated heterocycles. The second kappa shape index (κ2) is 12.2. The first-order valence-electron chi connectivity index (χ1n) is 16.2. The van der Waals surface area contributed by atoms with Gasteiger partial charge in [-0.3, -0.25) is 4.18 Å². The maximum atomic E-state index is 12.7. The highest BCUT2D eigenvalue weighted by Crippen LogP contribution is 2.65. The van der Waals surface area contributed by atoms with Gasteiger partial charge in [0.2, 0.25) is 9.04 Å². The summed E-state index contributed by atoms with van der Waals surface area (Å²) in [6, 6.07) is 6.91. The van der Waals surface area contributed by atoms with Crippen LogP contribution >= 0.6 is 0 Å². The largest absolute Gasteiger partial charge is 0.412 e. The van der Waals surface area contributed by atoms with Crippen molar-refractivity contribution >= 4 is 19.2 Å². The van der Waals surface area contributed by atoms with Crippen LogP contribution in [0.15, 0.2) is 40.3 Å². The average Bonchev–Trinajstić information content (AvgIpc) is 2.86. The van der Waals surface area contributed by atoms with E-state index in [1.54, 1.807) is 23.3 Å². The summed E-state index contributed by atoms with van der Waals surface area (Å²) in [6.45, 7) is 24.0. The van der Waals surface area contributed by atoms with E-state index < -0.39 is 19.2 Å². The van der Waals surface area contributed by atoms with E-state index in [-0.39, 0.29) is 22.0 Å². The Labute approximate surface area is 253 Å². The van der Waals surface area contributed by atoms with Crippen molar-refractivity contribution in [3.8, 4) is 0 Å². The van der Waals surface area contributed by atoms with Crippen LogP contribution in [0.3, 0.4) is 0 Å². The second-order valence-corrected chi connectivity index (χ2v) is 20.9. The highest BCUT2D eigenvalue weighted by atomic mass is 32.2. The van der Waals surface area contributed by atoms with Crippen molar-refractivity contribution in [2.75, 3.05) is 6.61 Å². The van der Waals surface area contributed by atoms with Gasteiger partial charge in [-0.15, -0.1) is 0 Å². The van der Waals surface area contributed by atoms with E-state index in [1.807, 2.05) is 19.1 Å². The summed E-state index contributed by atoms with van der Waals surface area (Å²) in [5.41, 5.74) is 5.28. The van der Waals surface area contributed by atoms with E-state index in [0.717, 1.165) is 18.4 Å². The third kappa shape index (κ3) is 6.76. The van der Waals surface area contributed by atoms with Crippen LogP contribution in [0, 0.1) is 35.5 Å². The number of fused-ring (bicyclic) bond motifs is 3. The topological polar surface area (TPSA) is 52.6 Å². The Balaban J connectivity index is 1.43.